The van der Waals surface area contributed by atoms with Crippen LogP contribution in [-0.4, -0.2) is 55.2 Å². The summed E-state index contributed by atoms with van der Waals surface area (Å²) in [5.74, 6) is -0.682. The molecule has 0 saturated carbocycles. The molecular weight excluding hydrogens is 278 g/mol. The van der Waals surface area contributed by atoms with E-state index >= 15 is 0 Å². The Morgan fingerprint density at radius 3 is 2.29 bits per heavy atom. The second kappa shape index (κ2) is 7.82. The van der Waals surface area contributed by atoms with E-state index < -0.39 is 18.2 Å². The fraction of sp³-hybridized carbons (Fsp3) is 0.500. The number of carbonyl (C=O) groups is 1. The van der Waals surface area contributed by atoms with Crippen LogP contribution in [0.4, 0.5) is 0 Å². The van der Waals surface area contributed by atoms with Crippen LogP contribution in [0.5, 0.6) is 11.5 Å². The average molecular weight is 299 g/mol. The van der Waals surface area contributed by atoms with Gasteiger partial charge >= 0.3 is 5.97 Å². The number of benzene rings is 1. The number of hydrogen-bond donors (Lipinski definition) is 4. The SMILES string of the molecule is CNCCC(O)C(O)c1cc(OC)c(OC)cc1C(=O)O. The van der Waals surface area contributed by atoms with E-state index in [0.717, 1.165) is 0 Å². The maximum Gasteiger partial charge on any atom is 0.336 e. The van der Waals surface area contributed by atoms with Gasteiger partial charge in [0.1, 0.15) is 6.10 Å². The van der Waals surface area contributed by atoms with Gasteiger partial charge in [0.2, 0.25) is 0 Å². The molecule has 1 aromatic rings. The highest BCUT2D eigenvalue weighted by atomic mass is 16.5. The van der Waals surface area contributed by atoms with Crippen LogP contribution in [0.1, 0.15) is 28.4 Å². The van der Waals surface area contributed by atoms with Crippen LogP contribution in [0.3, 0.4) is 0 Å². The number of aromatic carboxylic acids is 1. The van der Waals surface area contributed by atoms with Gasteiger partial charge in [0.05, 0.1) is 25.9 Å². The number of carboxylic acids is 1. The second-order valence-corrected chi connectivity index (χ2v) is 4.50. The summed E-state index contributed by atoms with van der Waals surface area (Å²) in [4.78, 5) is 11.3. The van der Waals surface area contributed by atoms with Gasteiger partial charge in [0.25, 0.3) is 0 Å². The lowest BCUT2D eigenvalue weighted by molar-refractivity contribution is 0.0130. The van der Waals surface area contributed by atoms with Crippen LogP contribution in [-0.2, 0) is 0 Å². The predicted octanol–water partition coefficient (Wildman–Crippen LogP) is 0.406. The zero-order valence-corrected chi connectivity index (χ0v) is 12.3. The number of rotatable bonds is 8. The Morgan fingerprint density at radius 1 is 1.24 bits per heavy atom. The summed E-state index contributed by atoms with van der Waals surface area (Å²) in [5.41, 5.74) is -0.0487. The maximum atomic E-state index is 11.3. The lowest BCUT2D eigenvalue weighted by Crippen LogP contribution is -2.24. The quantitative estimate of drug-likeness (QED) is 0.550. The van der Waals surface area contributed by atoms with Crippen molar-refractivity contribution in [1.82, 2.24) is 5.32 Å². The molecule has 0 spiro atoms. The maximum absolute atomic E-state index is 11.3. The molecule has 4 N–H and O–H groups in total. The van der Waals surface area contributed by atoms with Gasteiger partial charge in [-0.15, -0.1) is 0 Å². The highest BCUT2D eigenvalue weighted by Gasteiger charge is 2.26. The van der Waals surface area contributed by atoms with Gasteiger partial charge in [0, 0.05) is 5.56 Å². The van der Waals surface area contributed by atoms with E-state index in [0.29, 0.717) is 6.54 Å². The van der Waals surface area contributed by atoms with Crippen molar-refractivity contribution in [3.8, 4) is 11.5 Å². The standard InChI is InChI=1S/C14H21NO6/c1-15-5-4-10(16)13(17)8-6-11(20-2)12(21-3)7-9(8)14(18)19/h6-7,10,13,15-17H,4-5H2,1-3H3,(H,18,19). The van der Waals surface area contributed by atoms with Crippen molar-refractivity contribution in [3.63, 3.8) is 0 Å². The Labute approximate surface area is 123 Å². The van der Waals surface area contributed by atoms with E-state index in [-0.39, 0.29) is 29.0 Å². The molecule has 2 unspecified atom stereocenters. The van der Waals surface area contributed by atoms with Crippen LogP contribution >= 0.6 is 0 Å². The summed E-state index contributed by atoms with van der Waals surface area (Å²) in [6, 6.07) is 2.64. The molecule has 0 saturated heterocycles. The summed E-state index contributed by atoms with van der Waals surface area (Å²) in [6.45, 7) is 0.494. The molecule has 0 radical (unpaired) electrons. The molecule has 0 fully saturated rings. The van der Waals surface area contributed by atoms with E-state index in [1.807, 2.05) is 0 Å². The lowest BCUT2D eigenvalue weighted by atomic mass is 9.96. The molecule has 0 aromatic heterocycles. The summed E-state index contributed by atoms with van der Waals surface area (Å²) >= 11 is 0. The molecule has 0 aliphatic carbocycles. The van der Waals surface area contributed by atoms with Crippen LogP contribution in [0.25, 0.3) is 0 Å². The fourth-order valence-electron chi connectivity index (χ4n) is 1.98. The molecule has 21 heavy (non-hydrogen) atoms. The van der Waals surface area contributed by atoms with Crippen LogP contribution in [0.15, 0.2) is 12.1 Å². The first kappa shape index (κ1) is 17.2. The van der Waals surface area contributed by atoms with Crippen molar-refractivity contribution < 1.29 is 29.6 Å². The Kier molecular flexibility index (Phi) is 6.41. The molecule has 1 rings (SSSR count). The van der Waals surface area contributed by atoms with Crippen molar-refractivity contribution >= 4 is 5.97 Å². The van der Waals surface area contributed by atoms with E-state index in [4.69, 9.17) is 9.47 Å². The van der Waals surface area contributed by atoms with Gasteiger partial charge in [-0.1, -0.05) is 0 Å². The molecule has 1 aromatic carbocycles. The third-order valence-electron chi connectivity index (χ3n) is 3.16. The third-order valence-corrected chi connectivity index (χ3v) is 3.16. The van der Waals surface area contributed by atoms with Crippen molar-refractivity contribution in [3.05, 3.63) is 23.3 Å². The number of aliphatic hydroxyl groups excluding tert-OH is 2. The first-order valence-electron chi connectivity index (χ1n) is 6.46. The summed E-state index contributed by atoms with van der Waals surface area (Å²) in [7, 11) is 4.52. The van der Waals surface area contributed by atoms with Crippen molar-refractivity contribution in [2.75, 3.05) is 27.8 Å². The van der Waals surface area contributed by atoms with Crippen LogP contribution in [0.2, 0.25) is 0 Å². The van der Waals surface area contributed by atoms with Crippen LogP contribution < -0.4 is 14.8 Å². The van der Waals surface area contributed by atoms with E-state index in [1.54, 1.807) is 7.05 Å². The fourth-order valence-corrected chi connectivity index (χ4v) is 1.98. The van der Waals surface area contributed by atoms with Gasteiger partial charge in [-0.3, -0.25) is 0 Å². The Balaban J connectivity index is 3.22. The van der Waals surface area contributed by atoms with E-state index in [9.17, 15) is 20.1 Å². The molecule has 0 aliphatic heterocycles. The third kappa shape index (κ3) is 4.07. The summed E-state index contributed by atoms with van der Waals surface area (Å²) in [6.07, 6.45) is -2.14. The minimum Gasteiger partial charge on any atom is -0.493 e. The minimum absolute atomic E-state index is 0.0868. The highest BCUT2D eigenvalue weighted by Crippen LogP contribution is 2.34. The number of ether oxygens (including phenoxy) is 2. The Hall–Kier alpha value is -1.83. The molecule has 7 nitrogen and oxygen atoms in total. The molecule has 0 amide bonds. The molecule has 2 atom stereocenters. The average Bonchev–Trinajstić information content (AvgIpc) is 2.50. The lowest BCUT2D eigenvalue weighted by Gasteiger charge is -2.21. The molecule has 0 bridgehead atoms. The number of nitrogens with one attached hydrogen (secondary N) is 1. The highest BCUT2D eigenvalue weighted by molar-refractivity contribution is 5.90. The van der Waals surface area contributed by atoms with Crippen molar-refractivity contribution in [2.45, 2.75) is 18.6 Å². The van der Waals surface area contributed by atoms with Crippen molar-refractivity contribution in [2.24, 2.45) is 0 Å². The van der Waals surface area contributed by atoms with E-state index in [2.05, 4.69) is 5.32 Å². The number of hydrogen-bond acceptors (Lipinski definition) is 6. The van der Waals surface area contributed by atoms with E-state index in [1.165, 1.54) is 26.4 Å². The second-order valence-electron chi connectivity index (χ2n) is 4.50. The monoisotopic (exact) mass is 299 g/mol. The van der Waals surface area contributed by atoms with Crippen LogP contribution in [0, 0.1) is 0 Å². The first-order chi connectivity index (χ1) is 9.96. The molecule has 0 aliphatic rings. The van der Waals surface area contributed by atoms with Gasteiger partial charge in [0.15, 0.2) is 11.5 Å². The Bertz CT molecular complexity index is 491. The van der Waals surface area contributed by atoms with Crippen molar-refractivity contribution in [1.29, 1.82) is 0 Å². The van der Waals surface area contributed by atoms with Gasteiger partial charge in [-0.25, -0.2) is 4.79 Å². The van der Waals surface area contributed by atoms with Gasteiger partial charge in [-0.05, 0) is 32.1 Å². The summed E-state index contributed by atoms with van der Waals surface area (Å²) < 4.78 is 10.1. The van der Waals surface area contributed by atoms with Gasteiger partial charge < -0.3 is 30.1 Å². The van der Waals surface area contributed by atoms with Gasteiger partial charge in [-0.2, -0.15) is 0 Å². The predicted molar refractivity (Wildman–Crippen MR) is 76.0 cm³/mol. The number of methoxy groups -OCH3 is 2. The Morgan fingerprint density at radius 2 is 1.81 bits per heavy atom. The first-order valence-corrected chi connectivity index (χ1v) is 6.46. The number of aliphatic hydroxyl groups is 2. The molecule has 0 heterocycles. The molecule has 118 valence electrons. The molecular formula is C14H21NO6. The zero-order valence-electron chi connectivity index (χ0n) is 12.3. The smallest absolute Gasteiger partial charge is 0.336 e. The molecule has 7 heteroatoms. The minimum atomic E-state index is -1.33. The number of carboxylic acid groups (broad SMARTS) is 1. The topological polar surface area (TPSA) is 108 Å². The summed E-state index contributed by atoms with van der Waals surface area (Å²) in [5, 5.41) is 32.2. The normalized spacial score (nSPS) is 13.6. The zero-order chi connectivity index (χ0) is 16.0. The largest absolute Gasteiger partial charge is 0.493 e.